The van der Waals surface area contributed by atoms with Crippen LogP contribution in [-0.4, -0.2) is 31.7 Å². The lowest BCUT2D eigenvalue weighted by atomic mass is 9.97. The van der Waals surface area contributed by atoms with Gasteiger partial charge in [0.2, 0.25) is 15.9 Å². The zero-order valence-electron chi connectivity index (χ0n) is 16.9. The Morgan fingerprint density at radius 1 is 0.839 bits per heavy atom. The topological polar surface area (TPSA) is 66.5 Å². The van der Waals surface area contributed by atoms with E-state index in [-0.39, 0.29) is 29.8 Å². The average Bonchev–Trinajstić information content (AvgIpc) is 2.80. The van der Waals surface area contributed by atoms with Crippen LogP contribution in [0.5, 0.6) is 0 Å². The summed E-state index contributed by atoms with van der Waals surface area (Å²) in [5.41, 5.74) is 2.86. The number of amides is 1. The van der Waals surface area contributed by atoms with E-state index in [1.165, 1.54) is 22.5 Å². The minimum atomic E-state index is -3.91. The molecule has 5 nitrogen and oxygen atoms in total. The normalized spacial score (nSPS) is 15.5. The summed E-state index contributed by atoms with van der Waals surface area (Å²) in [7, 11) is -3.91. The monoisotopic (exact) mass is 438 g/mol. The molecule has 3 aromatic rings. The number of carbonyl (C=O) groups is 1. The predicted octanol–water partition coefficient (Wildman–Crippen LogP) is 4.53. The number of nitrogens with zero attached hydrogens (tertiary/aromatic N) is 1. The molecule has 31 heavy (non-hydrogen) atoms. The number of benzene rings is 3. The second kappa shape index (κ2) is 8.99. The number of hydrogen-bond acceptors (Lipinski definition) is 3. The highest BCUT2D eigenvalue weighted by molar-refractivity contribution is 7.89. The maximum Gasteiger partial charge on any atom is 0.245 e. The van der Waals surface area contributed by atoms with Gasteiger partial charge in [0.25, 0.3) is 0 Å². The molecule has 4 rings (SSSR count). The van der Waals surface area contributed by atoms with Crippen LogP contribution < -0.4 is 5.32 Å². The van der Waals surface area contributed by atoms with Gasteiger partial charge in [0.05, 0.1) is 0 Å². The fourth-order valence-electron chi connectivity index (χ4n) is 3.77. The van der Waals surface area contributed by atoms with E-state index in [1.807, 2.05) is 54.6 Å². The number of anilines is 1. The Morgan fingerprint density at radius 2 is 1.42 bits per heavy atom. The van der Waals surface area contributed by atoms with Crippen LogP contribution in [0.25, 0.3) is 11.1 Å². The number of rotatable bonds is 5. The molecule has 3 aromatic carbocycles. The van der Waals surface area contributed by atoms with Crippen molar-refractivity contribution in [1.82, 2.24) is 4.31 Å². The maximum absolute atomic E-state index is 14.0. The van der Waals surface area contributed by atoms with E-state index < -0.39 is 15.8 Å². The van der Waals surface area contributed by atoms with E-state index in [0.717, 1.165) is 17.2 Å². The molecule has 1 fully saturated rings. The Bertz CT molecular complexity index is 1160. The van der Waals surface area contributed by atoms with E-state index in [4.69, 9.17) is 0 Å². The molecule has 1 saturated heterocycles. The zero-order valence-corrected chi connectivity index (χ0v) is 17.7. The molecular formula is C24H23FN2O3S. The first-order chi connectivity index (χ1) is 14.9. The molecule has 160 valence electrons. The number of sulfonamides is 1. The first-order valence-electron chi connectivity index (χ1n) is 10.2. The molecule has 0 aliphatic carbocycles. The molecule has 1 heterocycles. The van der Waals surface area contributed by atoms with Crippen LogP contribution in [0.3, 0.4) is 0 Å². The van der Waals surface area contributed by atoms with Crippen molar-refractivity contribution in [1.29, 1.82) is 0 Å². The Balaban J connectivity index is 1.36. The van der Waals surface area contributed by atoms with Crippen molar-refractivity contribution in [3.8, 4) is 11.1 Å². The van der Waals surface area contributed by atoms with E-state index in [0.29, 0.717) is 18.5 Å². The van der Waals surface area contributed by atoms with Crippen LogP contribution in [-0.2, 0) is 14.8 Å². The van der Waals surface area contributed by atoms with Crippen LogP contribution in [0.1, 0.15) is 12.8 Å². The second-order valence-corrected chi connectivity index (χ2v) is 9.45. The quantitative estimate of drug-likeness (QED) is 0.636. The summed E-state index contributed by atoms with van der Waals surface area (Å²) in [5.74, 6) is -1.18. The summed E-state index contributed by atoms with van der Waals surface area (Å²) in [4.78, 5) is 12.3. The Labute approximate surface area is 181 Å². The molecule has 0 radical (unpaired) electrons. The highest BCUT2D eigenvalue weighted by Crippen LogP contribution is 2.27. The summed E-state index contributed by atoms with van der Waals surface area (Å²) in [6, 6.07) is 22.9. The molecule has 0 aromatic heterocycles. The van der Waals surface area contributed by atoms with Crippen molar-refractivity contribution in [3.63, 3.8) is 0 Å². The van der Waals surface area contributed by atoms with Crippen LogP contribution in [0.15, 0.2) is 83.8 Å². The van der Waals surface area contributed by atoms with E-state index in [9.17, 15) is 17.6 Å². The Morgan fingerprint density at radius 3 is 2.06 bits per heavy atom. The van der Waals surface area contributed by atoms with Gasteiger partial charge in [-0.3, -0.25) is 4.79 Å². The predicted molar refractivity (Wildman–Crippen MR) is 118 cm³/mol. The molecule has 0 unspecified atom stereocenters. The summed E-state index contributed by atoms with van der Waals surface area (Å²) < 4.78 is 40.6. The van der Waals surface area contributed by atoms with E-state index >= 15 is 0 Å². The highest BCUT2D eigenvalue weighted by Gasteiger charge is 2.33. The van der Waals surface area contributed by atoms with Gasteiger partial charge in [-0.1, -0.05) is 54.6 Å². The molecule has 1 aliphatic heterocycles. The minimum Gasteiger partial charge on any atom is -0.326 e. The lowest BCUT2D eigenvalue weighted by Gasteiger charge is -2.30. The smallest absolute Gasteiger partial charge is 0.245 e. The van der Waals surface area contributed by atoms with Crippen molar-refractivity contribution >= 4 is 21.6 Å². The number of halogens is 1. The van der Waals surface area contributed by atoms with Crippen molar-refractivity contribution in [2.24, 2.45) is 5.92 Å². The highest BCUT2D eigenvalue weighted by atomic mass is 32.2. The van der Waals surface area contributed by atoms with Gasteiger partial charge in [-0.25, -0.2) is 12.8 Å². The lowest BCUT2D eigenvalue weighted by Crippen LogP contribution is -2.41. The minimum absolute atomic E-state index is 0.129. The maximum atomic E-state index is 14.0. The third-order valence-corrected chi connectivity index (χ3v) is 7.47. The van der Waals surface area contributed by atoms with Gasteiger partial charge in [-0.2, -0.15) is 4.31 Å². The molecule has 7 heteroatoms. The van der Waals surface area contributed by atoms with E-state index in [2.05, 4.69) is 5.32 Å². The molecule has 0 saturated carbocycles. The summed E-state index contributed by atoms with van der Waals surface area (Å²) in [5, 5.41) is 2.92. The molecular weight excluding hydrogens is 415 g/mol. The van der Waals surface area contributed by atoms with Crippen molar-refractivity contribution < 1.29 is 17.6 Å². The van der Waals surface area contributed by atoms with Gasteiger partial charge in [0.15, 0.2) is 0 Å². The standard InChI is InChI=1S/C24H23FN2O3S/c25-22-8-4-5-9-23(22)31(29,30)27-16-14-20(15-17-27)24(28)26-21-12-10-19(11-13-21)18-6-2-1-3-7-18/h1-13,20H,14-17H2,(H,26,28). The largest absolute Gasteiger partial charge is 0.326 e. The Hall–Kier alpha value is -3.03. The third-order valence-electron chi connectivity index (χ3n) is 5.54. The van der Waals surface area contributed by atoms with E-state index in [1.54, 1.807) is 0 Å². The van der Waals surface area contributed by atoms with Gasteiger partial charge in [-0.15, -0.1) is 0 Å². The number of carbonyl (C=O) groups excluding carboxylic acids is 1. The summed E-state index contributed by atoms with van der Waals surface area (Å²) >= 11 is 0. The fourth-order valence-corrected chi connectivity index (χ4v) is 5.31. The summed E-state index contributed by atoms with van der Waals surface area (Å²) in [6.07, 6.45) is 0.781. The van der Waals surface area contributed by atoms with Gasteiger partial charge in [0.1, 0.15) is 10.7 Å². The Kier molecular flexibility index (Phi) is 6.15. The van der Waals surface area contributed by atoms with Gasteiger partial charge in [0, 0.05) is 24.7 Å². The van der Waals surface area contributed by atoms with Crippen LogP contribution in [0.4, 0.5) is 10.1 Å². The van der Waals surface area contributed by atoms with Crippen molar-refractivity contribution in [2.45, 2.75) is 17.7 Å². The van der Waals surface area contributed by atoms with Gasteiger partial charge in [-0.05, 0) is 48.2 Å². The lowest BCUT2D eigenvalue weighted by molar-refractivity contribution is -0.120. The number of nitrogens with one attached hydrogen (secondary N) is 1. The van der Waals surface area contributed by atoms with Gasteiger partial charge < -0.3 is 5.32 Å². The first-order valence-corrected chi connectivity index (χ1v) is 11.6. The van der Waals surface area contributed by atoms with Crippen LogP contribution in [0, 0.1) is 11.7 Å². The molecule has 1 amide bonds. The van der Waals surface area contributed by atoms with Crippen LogP contribution in [0.2, 0.25) is 0 Å². The molecule has 0 atom stereocenters. The van der Waals surface area contributed by atoms with Crippen molar-refractivity contribution in [3.05, 3.63) is 84.7 Å². The SMILES string of the molecule is O=C(Nc1ccc(-c2ccccc2)cc1)C1CCN(S(=O)(=O)c2ccccc2F)CC1. The molecule has 0 spiro atoms. The average molecular weight is 439 g/mol. The fraction of sp³-hybridized carbons (Fsp3) is 0.208. The number of hydrogen-bond donors (Lipinski definition) is 1. The van der Waals surface area contributed by atoms with Crippen LogP contribution >= 0.6 is 0 Å². The number of piperidine rings is 1. The molecule has 0 bridgehead atoms. The van der Waals surface area contributed by atoms with Gasteiger partial charge >= 0.3 is 0 Å². The first kappa shape index (κ1) is 21.2. The molecule has 1 N–H and O–H groups in total. The molecule has 1 aliphatic rings. The zero-order chi connectivity index (χ0) is 21.8. The second-order valence-electron chi connectivity index (χ2n) is 7.54. The summed E-state index contributed by atoms with van der Waals surface area (Å²) in [6.45, 7) is 0.364. The van der Waals surface area contributed by atoms with Crippen molar-refractivity contribution in [2.75, 3.05) is 18.4 Å². The third kappa shape index (κ3) is 4.68.